The Balaban J connectivity index is 1.60. The van der Waals surface area contributed by atoms with Gasteiger partial charge in [0.25, 0.3) is 0 Å². The van der Waals surface area contributed by atoms with Gasteiger partial charge in [-0.1, -0.05) is 18.2 Å². The van der Waals surface area contributed by atoms with Crippen LogP contribution in [0.4, 0.5) is 5.69 Å². The molecule has 0 unspecified atom stereocenters. The highest BCUT2D eigenvalue weighted by Crippen LogP contribution is 2.21. The number of aromatic nitrogens is 1. The van der Waals surface area contributed by atoms with Crippen LogP contribution < -0.4 is 4.90 Å². The third-order valence-corrected chi connectivity index (χ3v) is 5.27. The van der Waals surface area contributed by atoms with Gasteiger partial charge in [0.15, 0.2) is 5.78 Å². The van der Waals surface area contributed by atoms with E-state index in [1.807, 2.05) is 27.0 Å². The molecule has 1 aromatic heterocycles. The molecular formula is C20H27N3O. The van der Waals surface area contributed by atoms with Crippen molar-refractivity contribution in [1.82, 2.24) is 9.47 Å². The number of Topliss-reactive ketones (excluding diaryl/α,β-unsaturated/α-hetero) is 1. The van der Waals surface area contributed by atoms with E-state index in [0.717, 1.165) is 43.1 Å². The zero-order valence-electron chi connectivity index (χ0n) is 15.2. The van der Waals surface area contributed by atoms with Crippen LogP contribution in [0, 0.1) is 20.8 Å². The van der Waals surface area contributed by atoms with E-state index in [1.165, 1.54) is 11.3 Å². The van der Waals surface area contributed by atoms with Gasteiger partial charge >= 0.3 is 0 Å². The van der Waals surface area contributed by atoms with Crippen molar-refractivity contribution in [3.63, 3.8) is 0 Å². The smallest absolute Gasteiger partial charge is 0.178 e. The Bertz CT molecular complexity index is 739. The average molecular weight is 325 g/mol. The molecule has 3 rings (SSSR count). The Morgan fingerprint density at radius 2 is 1.71 bits per heavy atom. The Labute approximate surface area is 144 Å². The number of piperazine rings is 1. The van der Waals surface area contributed by atoms with E-state index in [4.69, 9.17) is 0 Å². The average Bonchev–Trinajstić information content (AvgIpc) is 2.84. The highest BCUT2D eigenvalue weighted by Gasteiger charge is 2.22. The molecule has 0 bridgehead atoms. The lowest BCUT2D eigenvalue weighted by atomic mass is 10.1. The van der Waals surface area contributed by atoms with Crippen LogP contribution >= 0.6 is 0 Å². The molecule has 0 N–H and O–H groups in total. The number of hydrogen-bond acceptors (Lipinski definition) is 3. The van der Waals surface area contributed by atoms with Gasteiger partial charge in [-0.15, -0.1) is 0 Å². The first-order valence-corrected chi connectivity index (χ1v) is 8.66. The first-order valence-electron chi connectivity index (χ1n) is 8.66. The SMILES string of the molecule is Cc1ccccc1N1CCN(CC(=O)c2cc(C)n(C)c2C)CC1. The Hall–Kier alpha value is -2.07. The predicted octanol–water partition coefficient (Wildman–Crippen LogP) is 2.96. The molecule has 0 amide bonds. The molecule has 0 saturated carbocycles. The summed E-state index contributed by atoms with van der Waals surface area (Å²) in [7, 11) is 2.02. The van der Waals surface area contributed by atoms with Crippen LogP contribution in [-0.2, 0) is 7.05 Å². The monoisotopic (exact) mass is 325 g/mol. The van der Waals surface area contributed by atoms with E-state index in [2.05, 4.69) is 45.6 Å². The number of nitrogens with zero attached hydrogens (tertiary/aromatic N) is 3. The zero-order chi connectivity index (χ0) is 17.3. The van der Waals surface area contributed by atoms with E-state index >= 15 is 0 Å². The molecule has 1 fully saturated rings. The number of aryl methyl sites for hydroxylation is 2. The van der Waals surface area contributed by atoms with Gasteiger partial charge in [-0.25, -0.2) is 0 Å². The molecule has 4 heteroatoms. The van der Waals surface area contributed by atoms with Gasteiger partial charge in [0.1, 0.15) is 0 Å². The van der Waals surface area contributed by atoms with Crippen molar-refractivity contribution in [3.8, 4) is 0 Å². The summed E-state index contributed by atoms with van der Waals surface area (Å²) in [6, 6.07) is 10.5. The van der Waals surface area contributed by atoms with Crippen LogP contribution in [-0.4, -0.2) is 48.0 Å². The Kier molecular flexibility index (Phi) is 4.76. The van der Waals surface area contributed by atoms with Gasteiger partial charge in [-0.2, -0.15) is 0 Å². The van der Waals surface area contributed by atoms with Crippen molar-refractivity contribution in [2.24, 2.45) is 7.05 Å². The van der Waals surface area contributed by atoms with E-state index in [0.29, 0.717) is 6.54 Å². The summed E-state index contributed by atoms with van der Waals surface area (Å²) in [5.41, 5.74) is 5.71. The molecule has 1 saturated heterocycles. The maximum atomic E-state index is 12.6. The summed E-state index contributed by atoms with van der Waals surface area (Å²) in [6.45, 7) is 10.6. The number of ketones is 1. The summed E-state index contributed by atoms with van der Waals surface area (Å²) in [4.78, 5) is 17.3. The predicted molar refractivity (Wildman–Crippen MR) is 99.0 cm³/mol. The summed E-state index contributed by atoms with van der Waals surface area (Å²) in [5.74, 6) is 0.237. The lowest BCUT2D eigenvalue weighted by Crippen LogP contribution is -2.48. The van der Waals surface area contributed by atoms with Gasteiger partial charge in [0.2, 0.25) is 0 Å². The Morgan fingerprint density at radius 3 is 2.29 bits per heavy atom. The third kappa shape index (κ3) is 3.24. The number of benzene rings is 1. The molecular weight excluding hydrogens is 298 g/mol. The van der Waals surface area contributed by atoms with Gasteiger partial charge in [-0.05, 0) is 38.5 Å². The minimum absolute atomic E-state index is 0.237. The first-order chi connectivity index (χ1) is 11.5. The highest BCUT2D eigenvalue weighted by molar-refractivity contribution is 5.99. The first kappa shape index (κ1) is 16.8. The van der Waals surface area contributed by atoms with Crippen LogP contribution in [0.1, 0.15) is 27.3 Å². The van der Waals surface area contributed by atoms with Crippen LogP contribution in [0.5, 0.6) is 0 Å². The standard InChI is InChI=1S/C20H27N3O/c1-15-7-5-6-8-19(15)23-11-9-22(10-12-23)14-20(24)18-13-16(2)21(4)17(18)3/h5-8,13H,9-12,14H2,1-4H3. The van der Waals surface area contributed by atoms with E-state index in [-0.39, 0.29) is 5.78 Å². The van der Waals surface area contributed by atoms with Gasteiger partial charge in [0, 0.05) is 55.9 Å². The van der Waals surface area contributed by atoms with Crippen LogP contribution in [0.2, 0.25) is 0 Å². The summed E-state index contributed by atoms with van der Waals surface area (Å²) in [5, 5.41) is 0. The van der Waals surface area contributed by atoms with Gasteiger partial charge in [0.05, 0.1) is 6.54 Å². The molecule has 128 valence electrons. The van der Waals surface area contributed by atoms with Crippen LogP contribution in [0.25, 0.3) is 0 Å². The fourth-order valence-corrected chi connectivity index (χ4v) is 3.49. The maximum absolute atomic E-state index is 12.6. The normalized spacial score (nSPS) is 15.8. The second-order valence-electron chi connectivity index (χ2n) is 6.82. The molecule has 1 aromatic carbocycles. The molecule has 0 atom stereocenters. The molecule has 1 aliphatic rings. The van der Waals surface area contributed by atoms with Crippen LogP contribution in [0.3, 0.4) is 0 Å². The van der Waals surface area contributed by atoms with E-state index in [9.17, 15) is 4.79 Å². The quantitative estimate of drug-likeness (QED) is 0.809. The minimum Gasteiger partial charge on any atom is -0.369 e. The minimum atomic E-state index is 0.237. The highest BCUT2D eigenvalue weighted by atomic mass is 16.1. The van der Waals surface area contributed by atoms with Crippen molar-refractivity contribution in [2.45, 2.75) is 20.8 Å². The van der Waals surface area contributed by atoms with Gasteiger partial charge < -0.3 is 9.47 Å². The van der Waals surface area contributed by atoms with Crippen molar-refractivity contribution in [3.05, 3.63) is 52.8 Å². The summed E-state index contributed by atoms with van der Waals surface area (Å²) in [6.07, 6.45) is 0. The second kappa shape index (κ2) is 6.81. The molecule has 0 radical (unpaired) electrons. The van der Waals surface area contributed by atoms with Crippen molar-refractivity contribution in [1.29, 1.82) is 0 Å². The number of para-hydroxylation sites is 1. The number of carbonyl (C=O) groups excluding carboxylic acids is 1. The topological polar surface area (TPSA) is 28.5 Å². The van der Waals surface area contributed by atoms with Crippen molar-refractivity contribution >= 4 is 11.5 Å². The maximum Gasteiger partial charge on any atom is 0.178 e. The second-order valence-corrected chi connectivity index (χ2v) is 6.82. The molecule has 1 aliphatic heterocycles. The molecule has 2 heterocycles. The molecule has 0 aliphatic carbocycles. The molecule has 4 nitrogen and oxygen atoms in total. The fraction of sp³-hybridized carbons (Fsp3) is 0.450. The van der Waals surface area contributed by atoms with Crippen molar-refractivity contribution < 1.29 is 4.79 Å². The third-order valence-electron chi connectivity index (χ3n) is 5.27. The summed E-state index contributed by atoms with van der Waals surface area (Å²) < 4.78 is 2.09. The lowest BCUT2D eigenvalue weighted by molar-refractivity contribution is 0.0925. The van der Waals surface area contributed by atoms with E-state index < -0.39 is 0 Å². The largest absolute Gasteiger partial charge is 0.369 e. The number of rotatable bonds is 4. The number of hydrogen-bond donors (Lipinski definition) is 0. The number of anilines is 1. The van der Waals surface area contributed by atoms with Gasteiger partial charge in [-0.3, -0.25) is 9.69 Å². The fourth-order valence-electron chi connectivity index (χ4n) is 3.49. The molecule has 24 heavy (non-hydrogen) atoms. The molecule has 2 aromatic rings. The number of carbonyl (C=O) groups is 1. The Morgan fingerprint density at radius 1 is 1.04 bits per heavy atom. The lowest BCUT2D eigenvalue weighted by Gasteiger charge is -2.36. The zero-order valence-corrected chi connectivity index (χ0v) is 15.2. The molecule has 0 spiro atoms. The van der Waals surface area contributed by atoms with E-state index in [1.54, 1.807) is 0 Å². The van der Waals surface area contributed by atoms with Crippen molar-refractivity contribution in [2.75, 3.05) is 37.6 Å². The summed E-state index contributed by atoms with van der Waals surface area (Å²) >= 11 is 0. The van der Waals surface area contributed by atoms with Crippen LogP contribution in [0.15, 0.2) is 30.3 Å².